The Balaban J connectivity index is 2.37. The Kier molecular flexibility index (Phi) is 9.17. The maximum Gasteiger partial charge on any atom is 0.240 e. The smallest absolute Gasteiger partial charge is 0.240 e. The standard InChI is InChI=1S/C18H31N3O4S2/c1-6-18(5,10-19-13(2)22)12-25-11-17(3,4)9-20-14(23)7-21-15(24)8-27-16(21)26/h6-12H2,1-5H3,(H,19,22)(H,20,23). The van der Waals surface area contributed by atoms with E-state index in [9.17, 15) is 14.4 Å². The van der Waals surface area contributed by atoms with Crippen molar-refractivity contribution in [1.29, 1.82) is 0 Å². The minimum atomic E-state index is -0.261. The predicted octanol–water partition coefficient (Wildman–Crippen LogP) is 1.56. The van der Waals surface area contributed by atoms with Crippen molar-refractivity contribution in [3.8, 4) is 0 Å². The quantitative estimate of drug-likeness (QED) is 0.496. The average molecular weight is 418 g/mol. The first-order valence-corrected chi connectivity index (χ1v) is 10.4. The van der Waals surface area contributed by atoms with Gasteiger partial charge in [0, 0.05) is 30.8 Å². The van der Waals surface area contributed by atoms with E-state index in [4.69, 9.17) is 17.0 Å². The molecule has 1 heterocycles. The molecule has 27 heavy (non-hydrogen) atoms. The predicted molar refractivity (Wildman–Crippen MR) is 111 cm³/mol. The molecule has 0 spiro atoms. The van der Waals surface area contributed by atoms with Gasteiger partial charge in [-0.05, 0) is 6.42 Å². The molecule has 1 atom stereocenters. The number of carbonyl (C=O) groups is 3. The zero-order chi connectivity index (χ0) is 20.7. The fourth-order valence-electron chi connectivity index (χ4n) is 2.31. The third kappa shape index (κ3) is 8.57. The normalized spacial score (nSPS) is 17.0. The molecule has 1 saturated heterocycles. The topological polar surface area (TPSA) is 87.7 Å². The summed E-state index contributed by atoms with van der Waals surface area (Å²) in [5, 5.41) is 5.70. The van der Waals surface area contributed by atoms with Gasteiger partial charge in [0.1, 0.15) is 10.9 Å². The number of hydrogen-bond donors (Lipinski definition) is 2. The summed E-state index contributed by atoms with van der Waals surface area (Å²) in [5.74, 6) is -0.0988. The van der Waals surface area contributed by atoms with Gasteiger partial charge in [-0.25, -0.2) is 0 Å². The lowest BCUT2D eigenvalue weighted by Crippen LogP contribution is -2.44. The van der Waals surface area contributed by atoms with Crippen molar-refractivity contribution >= 4 is 46.0 Å². The summed E-state index contributed by atoms with van der Waals surface area (Å²) >= 11 is 6.36. The van der Waals surface area contributed by atoms with Crippen LogP contribution in [0.1, 0.15) is 41.0 Å². The van der Waals surface area contributed by atoms with Crippen molar-refractivity contribution < 1.29 is 19.1 Å². The molecule has 0 aromatic carbocycles. The zero-order valence-electron chi connectivity index (χ0n) is 16.8. The van der Waals surface area contributed by atoms with Crippen LogP contribution in [-0.4, -0.2) is 65.5 Å². The highest BCUT2D eigenvalue weighted by Crippen LogP contribution is 2.23. The minimum Gasteiger partial charge on any atom is -0.380 e. The van der Waals surface area contributed by atoms with Crippen molar-refractivity contribution in [2.75, 3.05) is 38.6 Å². The molecule has 0 aromatic rings. The Morgan fingerprint density at radius 2 is 1.89 bits per heavy atom. The Bertz CT molecular complexity index is 567. The van der Waals surface area contributed by atoms with Crippen LogP contribution in [0.2, 0.25) is 0 Å². The average Bonchev–Trinajstić information content (AvgIpc) is 2.90. The van der Waals surface area contributed by atoms with Crippen LogP contribution in [0.3, 0.4) is 0 Å². The maximum absolute atomic E-state index is 12.1. The van der Waals surface area contributed by atoms with E-state index in [1.165, 1.54) is 23.6 Å². The van der Waals surface area contributed by atoms with E-state index in [0.29, 0.717) is 36.4 Å². The molecular formula is C18H31N3O4S2. The van der Waals surface area contributed by atoms with Crippen molar-refractivity contribution in [2.24, 2.45) is 10.8 Å². The molecule has 1 aliphatic rings. The van der Waals surface area contributed by atoms with Gasteiger partial charge < -0.3 is 15.4 Å². The molecule has 0 aromatic heterocycles. The number of rotatable bonds is 11. The molecule has 1 fully saturated rings. The Morgan fingerprint density at radius 3 is 2.41 bits per heavy atom. The van der Waals surface area contributed by atoms with Crippen molar-refractivity contribution in [3.05, 3.63) is 0 Å². The molecule has 0 saturated carbocycles. The summed E-state index contributed by atoms with van der Waals surface area (Å²) in [7, 11) is 0. The van der Waals surface area contributed by atoms with E-state index >= 15 is 0 Å². The molecule has 9 heteroatoms. The molecule has 1 rings (SSSR count). The summed E-state index contributed by atoms with van der Waals surface area (Å²) in [6.45, 7) is 11.6. The lowest BCUT2D eigenvalue weighted by atomic mass is 9.88. The van der Waals surface area contributed by atoms with Gasteiger partial charge >= 0.3 is 0 Å². The molecule has 3 amide bonds. The van der Waals surface area contributed by atoms with Crippen molar-refractivity contribution in [1.82, 2.24) is 15.5 Å². The molecule has 1 unspecified atom stereocenters. The Hall–Kier alpha value is -1.19. The zero-order valence-corrected chi connectivity index (χ0v) is 18.5. The van der Waals surface area contributed by atoms with E-state index in [0.717, 1.165) is 6.42 Å². The number of thiocarbonyl (C=S) groups is 1. The first kappa shape index (κ1) is 23.8. The van der Waals surface area contributed by atoms with Gasteiger partial charge in [-0.3, -0.25) is 19.3 Å². The van der Waals surface area contributed by atoms with Gasteiger partial charge in [-0.1, -0.05) is 51.7 Å². The second kappa shape index (κ2) is 10.4. The summed E-state index contributed by atoms with van der Waals surface area (Å²) in [6.07, 6.45) is 0.881. The molecular weight excluding hydrogens is 386 g/mol. The van der Waals surface area contributed by atoms with E-state index in [1.54, 1.807) is 0 Å². The summed E-state index contributed by atoms with van der Waals surface area (Å²) in [5.41, 5.74) is -0.392. The molecule has 7 nitrogen and oxygen atoms in total. The molecule has 2 N–H and O–H groups in total. The number of carbonyl (C=O) groups excluding carboxylic acids is 3. The van der Waals surface area contributed by atoms with E-state index in [1.807, 2.05) is 13.8 Å². The monoisotopic (exact) mass is 417 g/mol. The van der Waals surface area contributed by atoms with Gasteiger partial charge in [-0.2, -0.15) is 0 Å². The van der Waals surface area contributed by atoms with Crippen LogP contribution >= 0.6 is 24.0 Å². The molecule has 1 aliphatic heterocycles. The fraction of sp³-hybridized carbons (Fsp3) is 0.778. The fourth-order valence-corrected chi connectivity index (χ4v) is 3.38. The third-order valence-corrected chi connectivity index (χ3v) is 5.90. The molecule has 0 bridgehead atoms. The van der Waals surface area contributed by atoms with Crippen molar-refractivity contribution in [2.45, 2.75) is 41.0 Å². The minimum absolute atomic E-state index is 0.0355. The lowest BCUT2D eigenvalue weighted by molar-refractivity contribution is -0.130. The molecule has 0 aliphatic carbocycles. The van der Waals surface area contributed by atoms with Crippen LogP contribution in [0.25, 0.3) is 0 Å². The second-order valence-electron chi connectivity index (χ2n) is 8.04. The van der Waals surface area contributed by atoms with Gasteiger partial charge in [-0.15, -0.1) is 0 Å². The van der Waals surface area contributed by atoms with E-state index in [-0.39, 0.29) is 35.1 Å². The summed E-state index contributed by atoms with van der Waals surface area (Å²) < 4.78 is 6.35. The first-order valence-electron chi connectivity index (χ1n) is 9.04. The van der Waals surface area contributed by atoms with E-state index < -0.39 is 0 Å². The van der Waals surface area contributed by atoms with Gasteiger partial charge in [0.15, 0.2) is 0 Å². The number of nitrogens with one attached hydrogen (secondary N) is 2. The highest BCUT2D eigenvalue weighted by Gasteiger charge is 2.29. The SMILES string of the molecule is CCC(C)(CNC(C)=O)COCC(C)(C)CNC(=O)CN1C(=O)CSC1=S. The van der Waals surface area contributed by atoms with Crippen LogP contribution in [0, 0.1) is 10.8 Å². The van der Waals surface area contributed by atoms with E-state index in [2.05, 4.69) is 24.5 Å². The largest absolute Gasteiger partial charge is 0.380 e. The number of nitrogens with zero attached hydrogens (tertiary/aromatic N) is 1. The van der Waals surface area contributed by atoms with Gasteiger partial charge in [0.25, 0.3) is 0 Å². The van der Waals surface area contributed by atoms with Crippen LogP contribution in [0.15, 0.2) is 0 Å². The Labute approximate surface area is 171 Å². The number of hydrogen-bond acceptors (Lipinski definition) is 6. The lowest BCUT2D eigenvalue weighted by Gasteiger charge is -2.31. The third-order valence-electron chi connectivity index (χ3n) is 4.47. The van der Waals surface area contributed by atoms with Crippen LogP contribution in [0.5, 0.6) is 0 Å². The maximum atomic E-state index is 12.1. The summed E-state index contributed by atoms with van der Waals surface area (Å²) in [6, 6.07) is 0. The number of amides is 3. The van der Waals surface area contributed by atoms with Crippen LogP contribution in [0.4, 0.5) is 0 Å². The number of ether oxygens (including phenoxy) is 1. The molecule has 0 radical (unpaired) electrons. The first-order chi connectivity index (χ1) is 12.5. The highest BCUT2D eigenvalue weighted by molar-refractivity contribution is 8.23. The highest BCUT2D eigenvalue weighted by atomic mass is 32.2. The van der Waals surface area contributed by atoms with Gasteiger partial charge in [0.2, 0.25) is 17.7 Å². The number of thioether (sulfide) groups is 1. The van der Waals surface area contributed by atoms with Crippen LogP contribution < -0.4 is 10.6 Å². The summed E-state index contributed by atoms with van der Waals surface area (Å²) in [4.78, 5) is 36.2. The van der Waals surface area contributed by atoms with Crippen LogP contribution in [-0.2, 0) is 19.1 Å². The van der Waals surface area contributed by atoms with Gasteiger partial charge in [0.05, 0.1) is 19.0 Å². The Morgan fingerprint density at radius 1 is 1.22 bits per heavy atom. The molecule has 154 valence electrons. The van der Waals surface area contributed by atoms with Crippen molar-refractivity contribution in [3.63, 3.8) is 0 Å². The second-order valence-corrected chi connectivity index (χ2v) is 9.65.